The van der Waals surface area contributed by atoms with E-state index in [0.29, 0.717) is 12.8 Å². The minimum absolute atomic E-state index is 0.132. The maximum Gasteiger partial charge on any atom is 0.335 e. The van der Waals surface area contributed by atoms with Crippen molar-refractivity contribution in [1.29, 1.82) is 0 Å². The molecular formula is C23H31NO10. The van der Waals surface area contributed by atoms with Gasteiger partial charge in [0.05, 0.1) is 17.8 Å². The average Bonchev–Trinajstić information content (AvgIpc) is 3.49. The van der Waals surface area contributed by atoms with E-state index >= 15 is 0 Å². The van der Waals surface area contributed by atoms with Crippen LogP contribution in [0.25, 0.3) is 0 Å². The molecule has 0 aromatic heterocycles. The number of aliphatic hydroxyl groups excluding tert-OH is 3. The van der Waals surface area contributed by atoms with Crippen LogP contribution in [0.1, 0.15) is 44.9 Å². The van der Waals surface area contributed by atoms with Crippen LogP contribution in [-0.4, -0.2) is 86.3 Å². The van der Waals surface area contributed by atoms with E-state index < -0.39 is 48.6 Å². The zero-order valence-electron chi connectivity index (χ0n) is 18.7. The number of carbonyl (C=O) groups is 4. The molecule has 5 fully saturated rings. The molecule has 0 aromatic carbocycles. The lowest BCUT2D eigenvalue weighted by molar-refractivity contribution is -0.288. The van der Waals surface area contributed by atoms with Crippen LogP contribution < -0.4 is 0 Å². The topological polar surface area (TPSA) is 171 Å². The highest BCUT2D eigenvalue weighted by atomic mass is 16.7. The van der Waals surface area contributed by atoms with Gasteiger partial charge in [0.15, 0.2) is 6.10 Å². The number of likely N-dealkylation sites (tertiary alicyclic amines) is 1. The molecule has 188 valence electrons. The van der Waals surface area contributed by atoms with Crippen LogP contribution in [-0.2, 0) is 28.7 Å². The van der Waals surface area contributed by atoms with Gasteiger partial charge in [-0.05, 0) is 49.9 Å². The number of imide groups is 1. The SMILES string of the molecule is O=C(O[C@@H]1O[C@H](C(=O)O)[C@@H](O)[C@H](O)[C@H]1O)C1CCCCC1CN1C(=O)C2C(C1=O)[C@H]1CC[C@@H]2C1. The first-order valence-corrected chi connectivity index (χ1v) is 12.2. The zero-order valence-corrected chi connectivity index (χ0v) is 18.7. The van der Waals surface area contributed by atoms with Gasteiger partial charge in [0.25, 0.3) is 0 Å². The first-order valence-electron chi connectivity index (χ1n) is 12.2. The number of aliphatic hydroxyl groups is 3. The van der Waals surface area contributed by atoms with E-state index in [1.807, 2.05) is 0 Å². The van der Waals surface area contributed by atoms with Gasteiger partial charge >= 0.3 is 11.9 Å². The number of amides is 2. The lowest BCUT2D eigenvalue weighted by Crippen LogP contribution is -2.61. The fraction of sp³-hybridized carbons (Fsp3) is 0.826. The number of carboxylic acid groups (broad SMARTS) is 1. The van der Waals surface area contributed by atoms with Crippen molar-refractivity contribution in [2.75, 3.05) is 6.54 Å². The van der Waals surface area contributed by atoms with E-state index in [4.69, 9.17) is 9.47 Å². The maximum atomic E-state index is 13.1. The Morgan fingerprint density at radius 1 is 0.912 bits per heavy atom. The molecule has 5 rings (SSSR count). The standard InChI is InChI=1S/C23H31NO10/c25-15-16(26)18(21(30)31)33-23(17(15)27)34-22(32)12-4-2-1-3-11(12)8-24-19(28)13-9-5-6-10(7-9)14(13)20(24)29/h9-18,23,25-27H,1-8H2,(H,30,31)/t9-,10+,11?,12?,13?,14?,15-,16-,17+,18-,23-/m0/s1. The van der Waals surface area contributed by atoms with Gasteiger partial charge in [-0.15, -0.1) is 0 Å². The first-order chi connectivity index (χ1) is 16.2. The molecule has 2 saturated heterocycles. The molecule has 0 spiro atoms. The van der Waals surface area contributed by atoms with Crippen LogP contribution >= 0.6 is 0 Å². The Bertz CT molecular complexity index is 850. The number of nitrogens with zero attached hydrogens (tertiary/aromatic N) is 1. The van der Waals surface area contributed by atoms with E-state index in [1.54, 1.807) is 0 Å². The molecule has 3 aliphatic carbocycles. The van der Waals surface area contributed by atoms with Crippen LogP contribution in [0.3, 0.4) is 0 Å². The van der Waals surface area contributed by atoms with E-state index in [9.17, 15) is 39.6 Å². The van der Waals surface area contributed by atoms with Gasteiger partial charge in [0.2, 0.25) is 18.1 Å². The van der Waals surface area contributed by atoms with Crippen molar-refractivity contribution in [3.63, 3.8) is 0 Å². The minimum Gasteiger partial charge on any atom is -0.479 e. The molecule has 11 heteroatoms. The zero-order chi connectivity index (χ0) is 24.3. The summed E-state index contributed by atoms with van der Waals surface area (Å²) in [6, 6.07) is 0. The molecule has 0 radical (unpaired) electrons. The Labute approximate surface area is 196 Å². The number of rotatable bonds is 5. The van der Waals surface area contributed by atoms with Crippen LogP contribution in [0.15, 0.2) is 0 Å². The third-order valence-electron chi connectivity index (χ3n) is 8.69. The Balaban J connectivity index is 1.27. The number of ether oxygens (including phenoxy) is 2. The normalized spacial score (nSPS) is 46.0. The second-order valence-electron chi connectivity index (χ2n) is 10.5. The van der Waals surface area contributed by atoms with Crippen LogP contribution in [0, 0.1) is 35.5 Å². The number of hydrogen-bond acceptors (Lipinski definition) is 9. The van der Waals surface area contributed by atoms with Crippen LogP contribution in [0.4, 0.5) is 0 Å². The Hall–Kier alpha value is -2.08. The van der Waals surface area contributed by atoms with Gasteiger partial charge in [0.1, 0.15) is 18.3 Å². The average molecular weight is 481 g/mol. The monoisotopic (exact) mass is 481 g/mol. The Morgan fingerprint density at radius 3 is 2.15 bits per heavy atom. The summed E-state index contributed by atoms with van der Waals surface area (Å²) in [6.45, 7) is 0.136. The second-order valence-corrected chi connectivity index (χ2v) is 10.5. The molecular weight excluding hydrogens is 450 g/mol. The van der Waals surface area contributed by atoms with Crippen molar-refractivity contribution >= 4 is 23.8 Å². The predicted octanol–water partition coefficient (Wildman–Crippen LogP) is -0.741. The van der Waals surface area contributed by atoms with E-state index in [-0.39, 0.29) is 47.9 Å². The van der Waals surface area contributed by atoms with E-state index in [1.165, 1.54) is 4.90 Å². The molecule has 11 atom stereocenters. The van der Waals surface area contributed by atoms with Crippen molar-refractivity contribution in [2.24, 2.45) is 35.5 Å². The van der Waals surface area contributed by atoms with Gasteiger partial charge in [-0.25, -0.2) is 4.79 Å². The molecule has 4 unspecified atom stereocenters. The molecule has 2 amide bonds. The van der Waals surface area contributed by atoms with Gasteiger partial charge in [-0.2, -0.15) is 0 Å². The molecule has 3 saturated carbocycles. The summed E-state index contributed by atoms with van der Waals surface area (Å²) in [6.07, 6.45) is -3.66. The van der Waals surface area contributed by atoms with Crippen molar-refractivity contribution in [2.45, 2.75) is 75.7 Å². The number of carbonyl (C=O) groups excluding carboxylic acids is 3. The molecule has 2 bridgehead atoms. The summed E-state index contributed by atoms with van der Waals surface area (Å²) >= 11 is 0. The number of carboxylic acids is 1. The van der Waals surface area contributed by atoms with Crippen molar-refractivity contribution in [1.82, 2.24) is 4.90 Å². The molecule has 4 N–H and O–H groups in total. The highest BCUT2D eigenvalue weighted by Crippen LogP contribution is 2.56. The summed E-state index contributed by atoms with van der Waals surface area (Å²) in [4.78, 5) is 51.9. The summed E-state index contributed by atoms with van der Waals surface area (Å²) in [7, 11) is 0. The highest BCUT2D eigenvalue weighted by molar-refractivity contribution is 6.06. The van der Waals surface area contributed by atoms with Gasteiger partial charge in [0, 0.05) is 6.54 Å². The number of aliphatic carboxylic acids is 1. The summed E-state index contributed by atoms with van der Waals surface area (Å²) < 4.78 is 10.3. The number of esters is 1. The van der Waals surface area contributed by atoms with Crippen molar-refractivity contribution in [3.05, 3.63) is 0 Å². The predicted molar refractivity (Wildman–Crippen MR) is 110 cm³/mol. The Kier molecular flexibility index (Phi) is 6.16. The molecule has 2 aliphatic heterocycles. The molecule has 2 heterocycles. The number of hydrogen-bond donors (Lipinski definition) is 4. The summed E-state index contributed by atoms with van der Waals surface area (Å²) in [5.41, 5.74) is 0. The first kappa shape index (κ1) is 23.7. The maximum absolute atomic E-state index is 13.1. The second kappa shape index (κ2) is 8.85. The fourth-order valence-electron chi connectivity index (χ4n) is 6.97. The lowest BCUT2D eigenvalue weighted by Gasteiger charge is -2.39. The van der Waals surface area contributed by atoms with Gasteiger partial charge in [-0.1, -0.05) is 12.8 Å². The van der Waals surface area contributed by atoms with Crippen molar-refractivity contribution < 1.29 is 49.1 Å². The molecule has 34 heavy (non-hydrogen) atoms. The lowest BCUT2D eigenvalue weighted by atomic mass is 9.79. The quantitative estimate of drug-likeness (QED) is 0.290. The smallest absolute Gasteiger partial charge is 0.335 e. The van der Waals surface area contributed by atoms with E-state index in [2.05, 4.69) is 0 Å². The van der Waals surface area contributed by atoms with Crippen molar-refractivity contribution in [3.8, 4) is 0 Å². The third kappa shape index (κ3) is 3.73. The third-order valence-corrected chi connectivity index (χ3v) is 8.69. The largest absolute Gasteiger partial charge is 0.479 e. The molecule has 11 nitrogen and oxygen atoms in total. The van der Waals surface area contributed by atoms with E-state index in [0.717, 1.165) is 32.1 Å². The minimum atomic E-state index is -1.88. The summed E-state index contributed by atoms with van der Waals surface area (Å²) in [5.74, 6) is -3.48. The Morgan fingerprint density at radius 2 is 1.53 bits per heavy atom. The highest BCUT2D eigenvalue weighted by Gasteiger charge is 2.61. The number of fused-ring (bicyclic) bond motifs is 5. The van der Waals surface area contributed by atoms with Crippen LogP contribution in [0.5, 0.6) is 0 Å². The summed E-state index contributed by atoms with van der Waals surface area (Å²) in [5, 5.41) is 39.1. The van der Waals surface area contributed by atoms with Gasteiger partial charge in [-0.3, -0.25) is 19.3 Å². The molecule has 5 aliphatic rings. The van der Waals surface area contributed by atoms with Gasteiger partial charge < -0.3 is 29.9 Å². The fourth-order valence-corrected chi connectivity index (χ4v) is 6.97. The van der Waals surface area contributed by atoms with Crippen LogP contribution in [0.2, 0.25) is 0 Å². The molecule has 0 aromatic rings.